The summed E-state index contributed by atoms with van der Waals surface area (Å²) < 4.78 is 9.31. The van der Waals surface area contributed by atoms with Crippen molar-refractivity contribution in [3.8, 4) is 11.6 Å². The minimum atomic E-state index is -0.318. The standard InChI is InChI=1S/C34H24ClN5O3/c1-21-27(25-9-4-6-12-29(25)39(21)20-32(41)37-24-16-14-23(35)15-17-24)19-36-40-33(31-18-22-8-2-7-13-30(22)43-31)38-28-11-5-3-10-26(28)34(40)42/h2-19H,20H2,1H3,(H,37,41). The molecule has 7 aromatic rings. The van der Waals surface area contributed by atoms with Crippen LogP contribution in [0, 0.1) is 6.92 Å². The summed E-state index contributed by atoms with van der Waals surface area (Å²) in [5, 5.41) is 10.4. The molecular formula is C34H24ClN5O3. The van der Waals surface area contributed by atoms with Gasteiger partial charge in [-0.1, -0.05) is 60.1 Å². The van der Waals surface area contributed by atoms with Crippen molar-refractivity contribution in [3.05, 3.63) is 130 Å². The quantitative estimate of drug-likeness (QED) is 0.208. The molecule has 1 amide bonds. The summed E-state index contributed by atoms with van der Waals surface area (Å²) >= 11 is 5.98. The first-order valence-electron chi connectivity index (χ1n) is 13.6. The molecule has 0 saturated heterocycles. The largest absolute Gasteiger partial charge is 0.453 e. The normalized spacial score (nSPS) is 11.7. The van der Waals surface area contributed by atoms with Crippen LogP contribution in [-0.2, 0) is 11.3 Å². The average molecular weight is 586 g/mol. The number of hydrogen-bond acceptors (Lipinski definition) is 5. The van der Waals surface area contributed by atoms with Crippen LogP contribution in [0.15, 0.2) is 117 Å². The number of halogens is 1. The number of nitrogens with one attached hydrogen (secondary N) is 1. The molecule has 7 rings (SSSR count). The predicted octanol–water partition coefficient (Wildman–Crippen LogP) is 7.25. The topological polar surface area (TPSA) is 94.4 Å². The maximum absolute atomic E-state index is 13.8. The SMILES string of the molecule is Cc1c(C=Nn2c(-c3cc4ccccc4o3)nc3ccccc3c2=O)c2ccccc2n1CC(=O)Nc1ccc(Cl)cc1. The Morgan fingerprint density at radius 2 is 1.67 bits per heavy atom. The van der Waals surface area contributed by atoms with Crippen LogP contribution < -0.4 is 10.9 Å². The average Bonchev–Trinajstić information content (AvgIpc) is 3.57. The Bertz CT molecular complexity index is 2230. The van der Waals surface area contributed by atoms with Gasteiger partial charge in [0.05, 0.1) is 17.1 Å². The summed E-state index contributed by atoms with van der Waals surface area (Å²) in [6, 6.07) is 31.4. The van der Waals surface area contributed by atoms with Crippen molar-refractivity contribution >= 4 is 62.2 Å². The molecule has 3 aromatic heterocycles. The zero-order valence-corrected chi connectivity index (χ0v) is 23.7. The van der Waals surface area contributed by atoms with Gasteiger partial charge in [0.2, 0.25) is 11.7 Å². The molecule has 8 nitrogen and oxygen atoms in total. The van der Waals surface area contributed by atoms with E-state index in [-0.39, 0.29) is 18.0 Å². The molecule has 0 radical (unpaired) electrons. The van der Waals surface area contributed by atoms with E-state index in [0.29, 0.717) is 38.8 Å². The number of benzene rings is 4. The number of para-hydroxylation sites is 3. The van der Waals surface area contributed by atoms with Crippen molar-refractivity contribution in [1.82, 2.24) is 14.2 Å². The molecule has 0 aliphatic heterocycles. The van der Waals surface area contributed by atoms with Gasteiger partial charge in [-0.2, -0.15) is 9.78 Å². The van der Waals surface area contributed by atoms with E-state index >= 15 is 0 Å². The Kier molecular flexibility index (Phi) is 6.60. The summed E-state index contributed by atoms with van der Waals surface area (Å²) in [6.45, 7) is 2.02. The number of carbonyl (C=O) groups is 1. The minimum absolute atomic E-state index is 0.0878. The monoisotopic (exact) mass is 585 g/mol. The summed E-state index contributed by atoms with van der Waals surface area (Å²) in [5.74, 6) is 0.538. The van der Waals surface area contributed by atoms with Crippen LogP contribution in [0.5, 0.6) is 0 Å². The van der Waals surface area contributed by atoms with E-state index in [2.05, 4.69) is 10.4 Å². The zero-order chi connectivity index (χ0) is 29.5. The van der Waals surface area contributed by atoms with Crippen LogP contribution in [0.3, 0.4) is 0 Å². The number of rotatable bonds is 6. The number of anilines is 1. The highest BCUT2D eigenvalue weighted by atomic mass is 35.5. The maximum atomic E-state index is 13.8. The third kappa shape index (κ3) is 4.87. The third-order valence-electron chi connectivity index (χ3n) is 7.41. The Morgan fingerprint density at radius 3 is 2.49 bits per heavy atom. The first-order chi connectivity index (χ1) is 21.0. The van der Waals surface area contributed by atoms with Gasteiger partial charge in [0.25, 0.3) is 5.56 Å². The van der Waals surface area contributed by atoms with Gasteiger partial charge in [0, 0.05) is 38.3 Å². The Balaban J connectivity index is 1.32. The number of fused-ring (bicyclic) bond motifs is 3. The van der Waals surface area contributed by atoms with Gasteiger partial charge in [-0.05, 0) is 61.5 Å². The fraction of sp³-hybridized carbons (Fsp3) is 0.0588. The van der Waals surface area contributed by atoms with E-state index in [4.69, 9.17) is 21.0 Å². The molecule has 4 aromatic carbocycles. The van der Waals surface area contributed by atoms with Gasteiger partial charge < -0.3 is 14.3 Å². The van der Waals surface area contributed by atoms with Crippen molar-refractivity contribution in [1.29, 1.82) is 0 Å². The summed E-state index contributed by atoms with van der Waals surface area (Å²) in [7, 11) is 0. The first-order valence-corrected chi connectivity index (χ1v) is 14.0. The highest BCUT2D eigenvalue weighted by Crippen LogP contribution is 2.28. The molecule has 0 atom stereocenters. The molecule has 0 aliphatic carbocycles. The van der Waals surface area contributed by atoms with Crippen molar-refractivity contribution in [2.75, 3.05) is 5.32 Å². The van der Waals surface area contributed by atoms with E-state index in [9.17, 15) is 9.59 Å². The lowest BCUT2D eigenvalue weighted by Crippen LogP contribution is -2.20. The lowest BCUT2D eigenvalue weighted by Gasteiger charge is -2.10. The van der Waals surface area contributed by atoms with Crippen LogP contribution in [0.4, 0.5) is 5.69 Å². The molecule has 0 unspecified atom stereocenters. The van der Waals surface area contributed by atoms with E-state index < -0.39 is 0 Å². The number of nitrogens with zero attached hydrogens (tertiary/aromatic N) is 4. The van der Waals surface area contributed by atoms with Crippen molar-refractivity contribution in [2.24, 2.45) is 5.10 Å². The van der Waals surface area contributed by atoms with E-state index in [0.717, 1.165) is 27.5 Å². The lowest BCUT2D eigenvalue weighted by molar-refractivity contribution is -0.116. The summed E-state index contributed by atoms with van der Waals surface area (Å²) in [6.07, 6.45) is 1.65. The second-order valence-electron chi connectivity index (χ2n) is 10.1. The third-order valence-corrected chi connectivity index (χ3v) is 7.66. The highest BCUT2D eigenvalue weighted by molar-refractivity contribution is 6.30. The van der Waals surface area contributed by atoms with Crippen LogP contribution in [-0.4, -0.2) is 26.3 Å². The Morgan fingerprint density at radius 1 is 0.953 bits per heavy atom. The van der Waals surface area contributed by atoms with Gasteiger partial charge in [-0.15, -0.1) is 0 Å². The summed E-state index contributed by atoms with van der Waals surface area (Å²) in [4.78, 5) is 31.6. The second kappa shape index (κ2) is 10.7. The van der Waals surface area contributed by atoms with Crippen LogP contribution in [0.25, 0.3) is 44.4 Å². The van der Waals surface area contributed by atoms with Crippen LogP contribution in [0.2, 0.25) is 5.02 Å². The van der Waals surface area contributed by atoms with Gasteiger partial charge in [0.1, 0.15) is 12.1 Å². The van der Waals surface area contributed by atoms with Crippen LogP contribution >= 0.6 is 11.6 Å². The van der Waals surface area contributed by atoms with Crippen molar-refractivity contribution < 1.29 is 9.21 Å². The maximum Gasteiger partial charge on any atom is 0.282 e. The number of carbonyl (C=O) groups excluding carboxylic acids is 1. The molecule has 0 fully saturated rings. The Hall–Kier alpha value is -5.47. The molecule has 1 N–H and O–H groups in total. The van der Waals surface area contributed by atoms with Gasteiger partial charge in [0.15, 0.2) is 5.76 Å². The molecule has 43 heavy (non-hydrogen) atoms. The molecule has 0 saturated carbocycles. The molecule has 0 aliphatic rings. The van der Waals surface area contributed by atoms with E-state index in [1.54, 1.807) is 48.7 Å². The fourth-order valence-corrected chi connectivity index (χ4v) is 5.43. The minimum Gasteiger partial charge on any atom is -0.453 e. The van der Waals surface area contributed by atoms with Crippen molar-refractivity contribution in [2.45, 2.75) is 13.5 Å². The van der Waals surface area contributed by atoms with E-state index in [1.807, 2.05) is 72.2 Å². The van der Waals surface area contributed by atoms with Gasteiger partial charge in [-0.3, -0.25) is 9.59 Å². The smallest absolute Gasteiger partial charge is 0.282 e. The van der Waals surface area contributed by atoms with E-state index in [1.165, 1.54) is 4.68 Å². The summed E-state index contributed by atoms with van der Waals surface area (Å²) in [5.41, 5.74) is 4.05. The molecule has 3 heterocycles. The highest BCUT2D eigenvalue weighted by Gasteiger charge is 2.18. The fourth-order valence-electron chi connectivity index (χ4n) is 5.30. The predicted molar refractivity (Wildman–Crippen MR) is 171 cm³/mol. The number of furan rings is 1. The van der Waals surface area contributed by atoms with Crippen LogP contribution in [0.1, 0.15) is 11.3 Å². The number of amides is 1. The van der Waals surface area contributed by atoms with Gasteiger partial charge in [-0.25, -0.2) is 4.98 Å². The zero-order valence-electron chi connectivity index (χ0n) is 23.0. The number of hydrogen-bond donors (Lipinski definition) is 1. The molecule has 0 spiro atoms. The lowest BCUT2D eigenvalue weighted by atomic mass is 10.1. The molecule has 9 heteroatoms. The Labute approximate surface area is 250 Å². The van der Waals surface area contributed by atoms with Gasteiger partial charge >= 0.3 is 0 Å². The molecular weight excluding hydrogens is 562 g/mol. The van der Waals surface area contributed by atoms with Crippen molar-refractivity contribution in [3.63, 3.8) is 0 Å². The number of aromatic nitrogens is 3. The molecule has 0 bridgehead atoms. The second-order valence-corrected chi connectivity index (χ2v) is 10.6. The molecule has 210 valence electrons. The first kappa shape index (κ1) is 26.4.